The number of esters is 1. The van der Waals surface area contributed by atoms with Crippen LogP contribution in [-0.2, 0) is 22.4 Å². The predicted molar refractivity (Wildman–Crippen MR) is 108 cm³/mol. The number of anilines is 1. The molecule has 0 spiro atoms. The zero-order valence-electron chi connectivity index (χ0n) is 15.8. The molecule has 0 saturated heterocycles. The van der Waals surface area contributed by atoms with Gasteiger partial charge in [-0.15, -0.1) is 11.3 Å². The van der Waals surface area contributed by atoms with Crippen LogP contribution in [0.2, 0.25) is 0 Å². The van der Waals surface area contributed by atoms with Gasteiger partial charge >= 0.3 is 5.97 Å². The molecule has 2 aromatic rings. The number of pyridine rings is 1. The van der Waals surface area contributed by atoms with Crippen LogP contribution in [-0.4, -0.2) is 23.5 Å². The number of nitrogens with one attached hydrogen (secondary N) is 1. The number of fused-ring (bicyclic) bond motifs is 1. The molecule has 1 unspecified atom stereocenters. The molecule has 0 bridgehead atoms. The summed E-state index contributed by atoms with van der Waals surface area (Å²) in [6.07, 6.45) is 7.31. The van der Waals surface area contributed by atoms with E-state index in [1.165, 1.54) is 17.4 Å². The van der Waals surface area contributed by atoms with Crippen molar-refractivity contribution in [2.75, 3.05) is 11.9 Å². The van der Waals surface area contributed by atoms with Crippen molar-refractivity contribution >= 4 is 34.3 Å². The highest BCUT2D eigenvalue weighted by molar-refractivity contribution is 7.17. The lowest BCUT2D eigenvalue weighted by Crippen LogP contribution is -2.17. The van der Waals surface area contributed by atoms with E-state index in [4.69, 9.17) is 4.74 Å². The van der Waals surface area contributed by atoms with E-state index in [0.717, 1.165) is 29.7 Å². The van der Waals surface area contributed by atoms with Gasteiger partial charge in [0, 0.05) is 17.3 Å². The van der Waals surface area contributed by atoms with Gasteiger partial charge < -0.3 is 10.1 Å². The Morgan fingerprint density at radius 1 is 1.50 bits per heavy atom. The van der Waals surface area contributed by atoms with Gasteiger partial charge in [-0.3, -0.25) is 9.78 Å². The molecule has 3 rings (SSSR count). The maximum absolute atomic E-state index is 12.7. The Balaban J connectivity index is 1.92. The molecule has 1 aliphatic carbocycles. The summed E-state index contributed by atoms with van der Waals surface area (Å²) in [7, 11) is 0. The number of nitrogens with zero attached hydrogens (tertiary/aromatic N) is 2. The van der Waals surface area contributed by atoms with Gasteiger partial charge in [-0.25, -0.2) is 4.79 Å². The second-order valence-electron chi connectivity index (χ2n) is 6.69. The van der Waals surface area contributed by atoms with Crippen LogP contribution in [0.15, 0.2) is 30.1 Å². The Labute approximate surface area is 167 Å². The molecular weight excluding hydrogens is 374 g/mol. The molecule has 0 radical (unpaired) electrons. The SMILES string of the molecule is CCOC(=O)c1c(NC(=O)/C(C#N)=C/c2cccnc2)sc2c1CCC(C)C2. The molecule has 1 atom stereocenters. The normalized spacial score (nSPS) is 16.0. The number of ether oxygens (including phenoxy) is 1. The molecule has 0 aromatic carbocycles. The van der Waals surface area contributed by atoms with Crippen molar-refractivity contribution in [3.63, 3.8) is 0 Å². The fourth-order valence-electron chi connectivity index (χ4n) is 3.21. The van der Waals surface area contributed by atoms with Crippen LogP contribution >= 0.6 is 11.3 Å². The molecule has 28 heavy (non-hydrogen) atoms. The smallest absolute Gasteiger partial charge is 0.341 e. The number of hydrogen-bond acceptors (Lipinski definition) is 6. The number of rotatable bonds is 5. The third kappa shape index (κ3) is 4.29. The van der Waals surface area contributed by atoms with Crippen LogP contribution in [0.3, 0.4) is 0 Å². The van der Waals surface area contributed by atoms with E-state index in [1.807, 2.05) is 6.07 Å². The Morgan fingerprint density at radius 2 is 2.32 bits per heavy atom. The second-order valence-corrected chi connectivity index (χ2v) is 7.79. The lowest BCUT2D eigenvalue weighted by atomic mass is 9.88. The van der Waals surface area contributed by atoms with E-state index in [-0.39, 0.29) is 12.2 Å². The molecule has 0 fully saturated rings. The summed E-state index contributed by atoms with van der Waals surface area (Å²) in [5.74, 6) is -0.451. The number of hydrogen-bond donors (Lipinski definition) is 1. The fraction of sp³-hybridized carbons (Fsp3) is 0.333. The zero-order valence-corrected chi connectivity index (χ0v) is 16.6. The maximum Gasteiger partial charge on any atom is 0.341 e. The van der Waals surface area contributed by atoms with Gasteiger partial charge in [0.15, 0.2) is 0 Å². The number of carbonyl (C=O) groups is 2. The molecule has 0 saturated carbocycles. The van der Waals surface area contributed by atoms with Crippen molar-refractivity contribution in [2.45, 2.75) is 33.1 Å². The van der Waals surface area contributed by atoms with E-state index in [2.05, 4.69) is 17.2 Å². The van der Waals surface area contributed by atoms with Gasteiger partial charge in [0.2, 0.25) is 0 Å². The van der Waals surface area contributed by atoms with Gasteiger partial charge in [0.1, 0.15) is 16.6 Å². The van der Waals surface area contributed by atoms with Crippen molar-refractivity contribution in [3.8, 4) is 6.07 Å². The Morgan fingerprint density at radius 3 is 3.00 bits per heavy atom. The van der Waals surface area contributed by atoms with Gasteiger partial charge in [0.05, 0.1) is 12.2 Å². The minimum atomic E-state index is -0.552. The van der Waals surface area contributed by atoms with Crippen LogP contribution in [0.25, 0.3) is 6.08 Å². The van der Waals surface area contributed by atoms with Crippen LogP contribution in [0.5, 0.6) is 0 Å². The summed E-state index contributed by atoms with van der Waals surface area (Å²) in [6.45, 7) is 4.19. The number of aromatic nitrogens is 1. The third-order valence-electron chi connectivity index (χ3n) is 4.58. The quantitative estimate of drug-likeness (QED) is 0.469. The third-order valence-corrected chi connectivity index (χ3v) is 5.75. The van der Waals surface area contributed by atoms with E-state index < -0.39 is 11.9 Å². The molecule has 2 heterocycles. The lowest BCUT2D eigenvalue weighted by Gasteiger charge is -2.18. The van der Waals surface area contributed by atoms with Gasteiger partial charge in [0.25, 0.3) is 5.91 Å². The summed E-state index contributed by atoms with van der Waals surface area (Å²) in [6, 6.07) is 5.41. The minimum absolute atomic E-state index is 0.0532. The number of thiophene rings is 1. The van der Waals surface area contributed by atoms with E-state index in [1.54, 1.807) is 31.5 Å². The lowest BCUT2D eigenvalue weighted by molar-refractivity contribution is -0.112. The van der Waals surface area contributed by atoms with Gasteiger partial charge in [-0.05, 0) is 55.4 Å². The first kappa shape index (κ1) is 19.8. The van der Waals surface area contributed by atoms with E-state index in [9.17, 15) is 14.9 Å². The fourth-order valence-corrected chi connectivity index (χ4v) is 4.60. The molecule has 1 aliphatic rings. The molecule has 1 N–H and O–H groups in total. The molecule has 2 aromatic heterocycles. The Kier molecular flexibility index (Phi) is 6.22. The first-order chi connectivity index (χ1) is 13.5. The average molecular weight is 395 g/mol. The van der Waals surface area contributed by atoms with Crippen molar-refractivity contribution in [1.29, 1.82) is 5.26 Å². The van der Waals surface area contributed by atoms with E-state index >= 15 is 0 Å². The van der Waals surface area contributed by atoms with Crippen molar-refractivity contribution in [3.05, 3.63) is 51.7 Å². The summed E-state index contributed by atoms with van der Waals surface area (Å²) >= 11 is 1.40. The molecule has 144 valence electrons. The summed E-state index contributed by atoms with van der Waals surface area (Å²) in [5, 5.41) is 12.6. The number of carbonyl (C=O) groups excluding carboxylic acids is 2. The first-order valence-corrected chi connectivity index (χ1v) is 10.00. The monoisotopic (exact) mass is 395 g/mol. The zero-order chi connectivity index (χ0) is 20.1. The Hall–Kier alpha value is -2.98. The predicted octanol–water partition coefficient (Wildman–Crippen LogP) is 3.99. The highest BCUT2D eigenvalue weighted by atomic mass is 32.1. The highest BCUT2D eigenvalue weighted by Gasteiger charge is 2.29. The summed E-state index contributed by atoms with van der Waals surface area (Å²) in [4.78, 5) is 30.3. The van der Waals surface area contributed by atoms with Gasteiger partial charge in [-0.1, -0.05) is 13.0 Å². The van der Waals surface area contributed by atoms with Crippen LogP contribution in [0, 0.1) is 17.2 Å². The van der Waals surface area contributed by atoms with Crippen molar-refractivity contribution in [2.24, 2.45) is 5.92 Å². The maximum atomic E-state index is 12.7. The van der Waals surface area contributed by atoms with Crippen LogP contribution in [0.1, 0.15) is 46.6 Å². The van der Waals surface area contributed by atoms with Crippen LogP contribution in [0.4, 0.5) is 5.00 Å². The minimum Gasteiger partial charge on any atom is -0.462 e. The standard InChI is InChI=1S/C21H21N3O3S/c1-3-27-21(26)18-16-7-6-13(2)9-17(16)28-20(18)24-19(25)15(11-22)10-14-5-4-8-23-12-14/h4-5,8,10,12-13H,3,6-7,9H2,1-2H3,(H,24,25)/b15-10+. The van der Waals surface area contributed by atoms with Crippen LogP contribution < -0.4 is 5.32 Å². The van der Waals surface area contributed by atoms with Crippen molar-refractivity contribution in [1.82, 2.24) is 4.98 Å². The molecule has 0 aliphatic heterocycles. The molecule has 6 nitrogen and oxygen atoms in total. The van der Waals surface area contributed by atoms with Crippen molar-refractivity contribution < 1.29 is 14.3 Å². The number of amides is 1. The second kappa shape index (κ2) is 8.81. The molecular formula is C21H21N3O3S. The largest absolute Gasteiger partial charge is 0.462 e. The average Bonchev–Trinajstić information content (AvgIpc) is 3.03. The molecule has 1 amide bonds. The summed E-state index contributed by atoms with van der Waals surface area (Å²) in [5.41, 5.74) is 1.99. The highest BCUT2D eigenvalue weighted by Crippen LogP contribution is 2.40. The molecule has 7 heteroatoms. The van der Waals surface area contributed by atoms with E-state index in [0.29, 0.717) is 22.0 Å². The Bertz CT molecular complexity index is 957. The number of nitriles is 1. The summed E-state index contributed by atoms with van der Waals surface area (Å²) < 4.78 is 5.21. The van der Waals surface area contributed by atoms with Gasteiger partial charge in [-0.2, -0.15) is 5.26 Å². The first-order valence-electron chi connectivity index (χ1n) is 9.18. The topological polar surface area (TPSA) is 92.1 Å².